The zero-order valence-electron chi connectivity index (χ0n) is 9.40. The summed E-state index contributed by atoms with van der Waals surface area (Å²) in [5.74, 6) is 0.745. The first kappa shape index (κ1) is 12.2. The van der Waals surface area contributed by atoms with E-state index in [1.807, 2.05) is 6.92 Å². The summed E-state index contributed by atoms with van der Waals surface area (Å²) in [5.41, 5.74) is -0.0166. The van der Waals surface area contributed by atoms with Gasteiger partial charge in [-0.15, -0.1) is 0 Å². The molecule has 0 radical (unpaired) electrons. The van der Waals surface area contributed by atoms with Crippen molar-refractivity contribution in [1.82, 2.24) is 4.98 Å². The molecule has 0 fully saturated rings. The first-order chi connectivity index (χ1) is 7.67. The van der Waals surface area contributed by atoms with Gasteiger partial charge in [0.15, 0.2) is 0 Å². The molecule has 0 saturated carbocycles. The Hall–Kier alpha value is -1.85. The van der Waals surface area contributed by atoms with Gasteiger partial charge in [-0.05, 0) is 13.3 Å². The van der Waals surface area contributed by atoms with E-state index in [4.69, 9.17) is 4.74 Å². The summed E-state index contributed by atoms with van der Waals surface area (Å²) in [7, 11) is 0. The minimum Gasteiger partial charge on any atom is -0.478 e. The Morgan fingerprint density at radius 1 is 1.50 bits per heavy atom. The van der Waals surface area contributed by atoms with Crippen LogP contribution in [0.1, 0.15) is 20.3 Å². The van der Waals surface area contributed by atoms with Crippen LogP contribution in [0, 0.1) is 10.1 Å². The van der Waals surface area contributed by atoms with E-state index < -0.39 is 4.92 Å². The molecule has 16 heavy (non-hydrogen) atoms. The molecule has 1 N–H and O–H groups in total. The van der Waals surface area contributed by atoms with Gasteiger partial charge in [0, 0.05) is 6.54 Å². The van der Waals surface area contributed by atoms with Crippen molar-refractivity contribution in [2.75, 3.05) is 18.5 Å². The fourth-order valence-electron chi connectivity index (χ4n) is 1.16. The lowest BCUT2D eigenvalue weighted by Gasteiger charge is -2.06. The second kappa shape index (κ2) is 5.89. The zero-order chi connectivity index (χ0) is 12.0. The van der Waals surface area contributed by atoms with E-state index in [9.17, 15) is 10.1 Å². The molecule has 0 aliphatic carbocycles. The Bertz CT molecular complexity index is 368. The molecule has 0 aromatic carbocycles. The van der Waals surface area contributed by atoms with Crippen LogP contribution in [0.2, 0.25) is 0 Å². The molecular weight excluding hydrogens is 210 g/mol. The molecule has 1 aromatic rings. The van der Waals surface area contributed by atoms with E-state index >= 15 is 0 Å². The summed E-state index contributed by atoms with van der Waals surface area (Å²) in [6, 6.07) is 2.72. The minimum atomic E-state index is -0.457. The number of nitrogens with one attached hydrogen (secondary N) is 1. The number of nitro groups is 1. The highest BCUT2D eigenvalue weighted by molar-refractivity contribution is 5.48. The molecule has 6 nitrogen and oxygen atoms in total. The summed E-state index contributed by atoms with van der Waals surface area (Å²) in [6.07, 6.45) is 0.925. The van der Waals surface area contributed by atoms with Crippen molar-refractivity contribution < 1.29 is 9.66 Å². The molecule has 0 bridgehead atoms. The average molecular weight is 225 g/mol. The van der Waals surface area contributed by atoms with Crippen molar-refractivity contribution in [3.8, 4) is 5.88 Å². The molecule has 0 unspecified atom stereocenters. The number of hydrogen-bond acceptors (Lipinski definition) is 5. The second-order valence-electron chi connectivity index (χ2n) is 3.17. The standard InChI is InChI=1S/C10H15N3O3/c1-3-5-11-9-6-8(13(14)15)7-10(12-9)16-4-2/h6-7H,3-5H2,1-2H3,(H,11,12). The van der Waals surface area contributed by atoms with E-state index in [-0.39, 0.29) is 11.6 Å². The van der Waals surface area contributed by atoms with Crippen LogP contribution in [-0.4, -0.2) is 23.1 Å². The fraction of sp³-hybridized carbons (Fsp3) is 0.500. The molecule has 0 atom stereocenters. The Labute approximate surface area is 93.8 Å². The van der Waals surface area contributed by atoms with Gasteiger partial charge in [-0.25, -0.2) is 0 Å². The van der Waals surface area contributed by atoms with Crippen LogP contribution < -0.4 is 10.1 Å². The minimum absolute atomic E-state index is 0.0166. The van der Waals surface area contributed by atoms with Crippen LogP contribution in [0.25, 0.3) is 0 Å². The van der Waals surface area contributed by atoms with Crippen molar-refractivity contribution in [2.24, 2.45) is 0 Å². The first-order valence-corrected chi connectivity index (χ1v) is 5.20. The smallest absolute Gasteiger partial charge is 0.278 e. The number of aromatic nitrogens is 1. The van der Waals surface area contributed by atoms with E-state index in [0.29, 0.717) is 12.4 Å². The maximum Gasteiger partial charge on any atom is 0.278 e. The quantitative estimate of drug-likeness (QED) is 0.593. The van der Waals surface area contributed by atoms with Crippen molar-refractivity contribution in [3.05, 3.63) is 22.2 Å². The molecule has 0 amide bonds. The van der Waals surface area contributed by atoms with Crippen LogP contribution in [-0.2, 0) is 0 Å². The van der Waals surface area contributed by atoms with Gasteiger partial charge in [0.25, 0.3) is 5.69 Å². The van der Waals surface area contributed by atoms with Crippen molar-refractivity contribution >= 4 is 11.5 Å². The predicted molar refractivity (Wildman–Crippen MR) is 60.8 cm³/mol. The Morgan fingerprint density at radius 2 is 2.25 bits per heavy atom. The molecule has 1 heterocycles. The van der Waals surface area contributed by atoms with Crippen molar-refractivity contribution in [1.29, 1.82) is 0 Å². The Morgan fingerprint density at radius 3 is 2.81 bits per heavy atom. The fourth-order valence-corrected chi connectivity index (χ4v) is 1.16. The number of pyridine rings is 1. The highest BCUT2D eigenvalue weighted by atomic mass is 16.6. The maximum absolute atomic E-state index is 10.7. The molecule has 88 valence electrons. The van der Waals surface area contributed by atoms with E-state index in [1.165, 1.54) is 12.1 Å². The van der Waals surface area contributed by atoms with Gasteiger partial charge in [-0.3, -0.25) is 10.1 Å². The average Bonchev–Trinajstić information content (AvgIpc) is 2.26. The number of anilines is 1. The molecule has 6 heteroatoms. The van der Waals surface area contributed by atoms with Gasteiger partial charge in [-0.2, -0.15) is 4.98 Å². The second-order valence-corrected chi connectivity index (χ2v) is 3.17. The Kier molecular flexibility index (Phi) is 4.50. The van der Waals surface area contributed by atoms with E-state index in [1.54, 1.807) is 6.92 Å². The zero-order valence-corrected chi connectivity index (χ0v) is 9.40. The molecule has 0 aliphatic heterocycles. The van der Waals surface area contributed by atoms with E-state index in [2.05, 4.69) is 10.3 Å². The van der Waals surface area contributed by atoms with Crippen LogP contribution in [0.4, 0.5) is 11.5 Å². The van der Waals surface area contributed by atoms with Gasteiger partial charge < -0.3 is 10.1 Å². The summed E-state index contributed by atoms with van der Waals surface area (Å²) >= 11 is 0. The lowest BCUT2D eigenvalue weighted by molar-refractivity contribution is -0.384. The highest BCUT2D eigenvalue weighted by Crippen LogP contribution is 2.21. The van der Waals surface area contributed by atoms with Crippen molar-refractivity contribution in [2.45, 2.75) is 20.3 Å². The Balaban J connectivity index is 2.93. The summed E-state index contributed by atoms with van der Waals surface area (Å²) in [6.45, 7) is 4.97. The lowest BCUT2D eigenvalue weighted by atomic mass is 10.3. The number of hydrogen-bond donors (Lipinski definition) is 1. The van der Waals surface area contributed by atoms with Gasteiger partial charge in [0.1, 0.15) is 5.82 Å². The molecule has 0 spiro atoms. The first-order valence-electron chi connectivity index (χ1n) is 5.20. The van der Waals surface area contributed by atoms with Crippen LogP contribution in [0.15, 0.2) is 12.1 Å². The maximum atomic E-state index is 10.7. The third-order valence-corrected chi connectivity index (χ3v) is 1.85. The lowest BCUT2D eigenvalue weighted by Crippen LogP contribution is -2.04. The highest BCUT2D eigenvalue weighted by Gasteiger charge is 2.11. The number of nitrogens with zero attached hydrogens (tertiary/aromatic N) is 2. The third-order valence-electron chi connectivity index (χ3n) is 1.85. The number of ether oxygens (including phenoxy) is 1. The van der Waals surface area contributed by atoms with Crippen molar-refractivity contribution in [3.63, 3.8) is 0 Å². The normalized spacial score (nSPS) is 9.88. The van der Waals surface area contributed by atoms with Gasteiger partial charge in [0.2, 0.25) is 5.88 Å². The molecule has 0 saturated heterocycles. The SMILES string of the molecule is CCCNc1cc([N+](=O)[O-])cc(OCC)n1. The summed E-state index contributed by atoms with van der Waals surface area (Å²) in [5, 5.41) is 13.7. The van der Waals surface area contributed by atoms with Gasteiger partial charge in [0.05, 0.1) is 23.7 Å². The predicted octanol–water partition coefficient (Wildman–Crippen LogP) is 2.21. The van der Waals surface area contributed by atoms with E-state index in [0.717, 1.165) is 13.0 Å². The topological polar surface area (TPSA) is 77.3 Å². The van der Waals surface area contributed by atoms with Crippen LogP contribution in [0.5, 0.6) is 5.88 Å². The summed E-state index contributed by atoms with van der Waals surface area (Å²) in [4.78, 5) is 14.3. The van der Waals surface area contributed by atoms with Crippen LogP contribution in [0.3, 0.4) is 0 Å². The van der Waals surface area contributed by atoms with Crippen LogP contribution >= 0.6 is 0 Å². The third kappa shape index (κ3) is 3.38. The monoisotopic (exact) mass is 225 g/mol. The largest absolute Gasteiger partial charge is 0.478 e. The van der Waals surface area contributed by atoms with Gasteiger partial charge >= 0.3 is 0 Å². The molecule has 1 aromatic heterocycles. The van der Waals surface area contributed by atoms with Gasteiger partial charge in [-0.1, -0.05) is 6.92 Å². The summed E-state index contributed by atoms with van der Waals surface area (Å²) < 4.78 is 5.16. The molecule has 0 aliphatic rings. The molecular formula is C10H15N3O3. The number of rotatable bonds is 6. The molecule has 1 rings (SSSR count).